The molecule has 0 unspecified atom stereocenters. The van der Waals surface area contributed by atoms with Crippen LogP contribution in [0.5, 0.6) is 11.5 Å². The molecule has 0 saturated carbocycles. The molecular formula is C13H19BrO4S. The van der Waals surface area contributed by atoms with Crippen LogP contribution in [-0.2, 0) is 15.2 Å². The van der Waals surface area contributed by atoms with Gasteiger partial charge in [-0.15, -0.1) is 0 Å². The van der Waals surface area contributed by atoms with Gasteiger partial charge in [0, 0.05) is 10.9 Å². The summed E-state index contributed by atoms with van der Waals surface area (Å²) in [5, 5.41) is 0.249. The predicted molar refractivity (Wildman–Crippen MR) is 80.0 cm³/mol. The molecule has 19 heavy (non-hydrogen) atoms. The number of benzene rings is 1. The van der Waals surface area contributed by atoms with E-state index < -0.39 is 9.84 Å². The molecule has 0 amide bonds. The number of sulfone groups is 1. The van der Waals surface area contributed by atoms with Gasteiger partial charge in [0.05, 0.1) is 18.1 Å². The maximum Gasteiger partial charge on any atom is 0.155 e. The number of methoxy groups -OCH3 is 1. The first-order valence-corrected chi connectivity index (χ1v) is 8.81. The van der Waals surface area contributed by atoms with Crippen LogP contribution in [0.15, 0.2) is 18.2 Å². The molecule has 0 N–H and O–H groups in total. The number of alkyl halides is 1. The Morgan fingerprint density at radius 3 is 2.53 bits per heavy atom. The average molecular weight is 351 g/mol. The van der Waals surface area contributed by atoms with Crippen LogP contribution in [-0.4, -0.2) is 33.1 Å². The molecular weight excluding hydrogens is 332 g/mol. The van der Waals surface area contributed by atoms with Gasteiger partial charge in [0.15, 0.2) is 9.84 Å². The molecule has 1 aromatic carbocycles. The van der Waals surface area contributed by atoms with Crippen LogP contribution >= 0.6 is 15.9 Å². The van der Waals surface area contributed by atoms with Crippen LogP contribution in [0.25, 0.3) is 0 Å². The van der Waals surface area contributed by atoms with E-state index in [2.05, 4.69) is 15.9 Å². The lowest BCUT2D eigenvalue weighted by atomic mass is 10.2. The van der Waals surface area contributed by atoms with E-state index >= 15 is 0 Å². The quantitative estimate of drug-likeness (QED) is 0.709. The highest BCUT2D eigenvalue weighted by atomic mass is 79.9. The largest absolute Gasteiger partial charge is 0.497 e. The van der Waals surface area contributed by atoms with Gasteiger partial charge in [-0.1, -0.05) is 15.9 Å². The zero-order chi connectivity index (χ0) is 14.5. The number of hydrogen-bond donors (Lipinski definition) is 0. The summed E-state index contributed by atoms with van der Waals surface area (Å²) in [4.78, 5) is 0. The van der Waals surface area contributed by atoms with Crippen molar-refractivity contribution in [3.05, 3.63) is 23.8 Å². The van der Waals surface area contributed by atoms with Crippen LogP contribution in [0.1, 0.15) is 19.4 Å². The Balaban J connectivity index is 2.68. The highest BCUT2D eigenvalue weighted by molar-refractivity contribution is 9.08. The monoisotopic (exact) mass is 350 g/mol. The third-order valence-corrected chi connectivity index (χ3v) is 5.53. The Hall–Kier alpha value is -0.750. The molecule has 0 spiro atoms. The molecule has 1 aromatic rings. The lowest BCUT2D eigenvalue weighted by molar-refractivity contribution is 0.336. The number of ether oxygens (including phenoxy) is 2. The number of halogens is 1. The maximum absolute atomic E-state index is 11.7. The van der Waals surface area contributed by atoms with Gasteiger partial charge in [-0.2, -0.15) is 0 Å². The lowest BCUT2D eigenvalue weighted by Crippen LogP contribution is -2.22. The fourth-order valence-corrected chi connectivity index (χ4v) is 2.66. The summed E-state index contributed by atoms with van der Waals surface area (Å²) in [5.41, 5.74) is 0.932. The summed E-state index contributed by atoms with van der Waals surface area (Å²) >= 11 is 3.37. The zero-order valence-electron chi connectivity index (χ0n) is 11.3. The van der Waals surface area contributed by atoms with Crippen molar-refractivity contribution in [1.29, 1.82) is 0 Å². The Labute approximate surface area is 123 Å². The third kappa shape index (κ3) is 4.69. The molecule has 0 radical (unpaired) electrons. The fraction of sp³-hybridized carbons (Fsp3) is 0.538. The van der Waals surface area contributed by atoms with Crippen molar-refractivity contribution in [3.8, 4) is 11.5 Å². The normalized spacial score (nSPS) is 11.6. The van der Waals surface area contributed by atoms with Gasteiger partial charge >= 0.3 is 0 Å². The molecule has 108 valence electrons. The van der Waals surface area contributed by atoms with Gasteiger partial charge in [-0.05, 0) is 32.0 Å². The summed E-state index contributed by atoms with van der Waals surface area (Å²) < 4.78 is 34.0. The smallest absolute Gasteiger partial charge is 0.155 e. The standard InChI is InChI=1S/C13H19BrO4S/c1-10(2)19(15,16)7-6-18-13-5-4-12(17-3)8-11(13)9-14/h4-5,8,10H,6-7,9H2,1-3H3. The van der Waals surface area contributed by atoms with E-state index in [9.17, 15) is 8.42 Å². The van der Waals surface area contributed by atoms with Crippen molar-refractivity contribution < 1.29 is 17.9 Å². The van der Waals surface area contributed by atoms with E-state index in [-0.39, 0.29) is 17.6 Å². The molecule has 0 aliphatic carbocycles. The van der Waals surface area contributed by atoms with Crippen molar-refractivity contribution >= 4 is 25.8 Å². The highest BCUT2D eigenvalue weighted by Gasteiger charge is 2.16. The molecule has 0 atom stereocenters. The second-order valence-electron chi connectivity index (χ2n) is 4.37. The molecule has 0 heterocycles. The first kappa shape index (κ1) is 16.3. The summed E-state index contributed by atoms with van der Waals surface area (Å²) in [6.07, 6.45) is 0. The van der Waals surface area contributed by atoms with E-state index in [0.29, 0.717) is 11.1 Å². The Bertz CT molecular complexity index is 511. The van der Waals surface area contributed by atoms with Gasteiger partial charge in [0.2, 0.25) is 0 Å². The topological polar surface area (TPSA) is 52.6 Å². The molecule has 6 heteroatoms. The lowest BCUT2D eigenvalue weighted by Gasteiger charge is -2.12. The first-order chi connectivity index (χ1) is 8.90. The van der Waals surface area contributed by atoms with Gasteiger partial charge in [0.1, 0.15) is 18.1 Å². The number of rotatable bonds is 7. The van der Waals surface area contributed by atoms with E-state index in [0.717, 1.165) is 11.3 Å². The second kappa shape index (κ2) is 7.14. The van der Waals surface area contributed by atoms with E-state index in [1.807, 2.05) is 6.07 Å². The van der Waals surface area contributed by atoms with Crippen molar-refractivity contribution in [2.24, 2.45) is 0 Å². The Morgan fingerprint density at radius 2 is 2.00 bits per heavy atom. The highest BCUT2D eigenvalue weighted by Crippen LogP contribution is 2.26. The molecule has 4 nitrogen and oxygen atoms in total. The van der Waals surface area contributed by atoms with Crippen LogP contribution in [0.2, 0.25) is 0 Å². The van der Waals surface area contributed by atoms with Gasteiger partial charge in [-0.25, -0.2) is 8.42 Å². The minimum absolute atomic E-state index is 0.0262. The van der Waals surface area contributed by atoms with Crippen LogP contribution in [0, 0.1) is 0 Å². The molecule has 0 aromatic heterocycles. The Kier molecular flexibility index (Phi) is 6.13. The van der Waals surface area contributed by atoms with Crippen molar-refractivity contribution in [1.82, 2.24) is 0 Å². The summed E-state index contributed by atoms with van der Waals surface area (Å²) in [6.45, 7) is 3.51. The van der Waals surface area contributed by atoms with Gasteiger partial charge < -0.3 is 9.47 Å². The summed E-state index contributed by atoms with van der Waals surface area (Å²) in [7, 11) is -1.46. The number of hydrogen-bond acceptors (Lipinski definition) is 4. The summed E-state index contributed by atoms with van der Waals surface area (Å²) in [5.74, 6) is 1.45. The fourth-order valence-electron chi connectivity index (χ4n) is 1.43. The predicted octanol–water partition coefficient (Wildman–Crippen LogP) is 2.79. The first-order valence-electron chi connectivity index (χ1n) is 5.98. The van der Waals surface area contributed by atoms with Crippen LogP contribution < -0.4 is 9.47 Å². The third-order valence-electron chi connectivity index (χ3n) is 2.76. The molecule has 0 bridgehead atoms. The Morgan fingerprint density at radius 1 is 1.32 bits per heavy atom. The van der Waals surface area contributed by atoms with Gasteiger partial charge in [-0.3, -0.25) is 0 Å². The SMILES string of the molecule is COc1ccc(OCCS(=O)(=O)C(C)C)c(CBr)c1. The molecule has 0 aliphatic rings. The van der Waals surface area contributed by atoms with Gasteiger partial charge in [0.25, 0.3) is 0 Å². The summed E-state index contributed by atoms with van der Waals surface area (Å²) in [6, 6.07) is 5.44. The molecule has 0 aliphatic heterocycles. The maximum atomic E-state index is 11.7. The average Bonchev–Trinajstić information content (AvgIpc) is 2.38. The molecule has 0 saturated heterocycles. The second-order valence-corrected chi connectivity index (χ2v) is 7.61. The minimum atomic E-state index is -3.06. The zero-order valence-corrected chi connectivity index (χ0v) is 13.8. The van der Waals surface area contributed by atoms with E-state index in [1.54, 1.807) is 33.1 Å². The van der Waals surface area contributed by atoms with Crippen LogP contribution in [0.4, 0.5) is 0 Å². The van der Waals surface area contributed by atoms with E-state index in [4.69, 9.17) is 9.47 Å². The molecule has 1 rings (SSSR count). The van der Waals surface area contributed by atoms with Crippen molar-refractivity contribution in [3.63, 3.8) is 0 Å². The van der Waals surface area contributed by atoms with Crippen LogP contribution in [0.3, 0.4) is 0 Å². The van der Waals surface area contributed by atoms with E-state index in [1.165, 1.54) is 0 Å². The minimum Gasteiger partial charge on any atom is -0.497 e. The molecule has 0 fully saturated rings. The van der Waals surface area contributed by atoms with Crippen molar-refractivity contribution in [2.45, 2.75) is 24.4 Å². The van der Waals surface area contributed by atoms with Crippen molar-refractivity contribution in [2.75, 3.05) is 19.5 Å².